The van der Waals surface area contributed by atoms with Crippen molar-refractivity contribution < 1.29 is 13.6 Å². The molecule has 0 unspecified atom stereocenters. The second kappa shape index (κ2) is 5.36. The molecule has 98 valence electrons. The molecule has 0 aliphatic rings. The molecule has 0 bridgehead atoms. The molecule has 2 aromatic rings. The van der Waals surface area contributed by atoms with Crippen LogP contribution in [0.5, 0.6) is 0 Å². The van der Waals surface area contributed by atoms with Crippen LogP contribution in [0.4, 0.5) is 14.5 Å². The van der Waals surface area contributed by atoms with Crippen molar-refractivity contribution in [1.82, 2.24) is 0 Å². The number of anilines is 1. The third-order valence-electron chi connectivity index (χ3n) is 2.62. The number of rotatable bonds is 2. The first-order valence-corrected chi connectivity index (χ1v) is 5.88. The SMILES string of the molecule is Cc1cccc(C(=O)Nc2ccc(Cl)cc2F)c1F. The van der Waals surface area contributed by atoms with Crippen LogP contribution in [-0.2, 0) is 0 Å². The van der Waals surface area contributed by atoms with E-state index in [0.29, 0.717) is 5.56 Å². The first kappa shape index (κ1) is 13.5. The molecule has 0 aromatic heterocycles. The molecule has 0 saturated heterocycles. The normalized spacial score (nSPS) is 10.3. The zero-order chi connectivity index (χ0) is 14.0. The van der Waals surface area contributed by atoms with Gasteiger partial charge in [-0.15, -0.1) is 0 Å². The Morgan fingerprint density at radius 2 is 1.95 bits per heavy atom. The van der Waals surface area contributed by atoms with Crippen molar-refractivity contribution in [2.45, 2.75) is 6.92 Å². The topological polar surface area (TPSA) is 29.1 Å². The van der Waals surface area contributed by atoms with E-state index < -0.39 is 17.5 Å². The summed E-state index contributed by atoms with van der Waals surface area (Å²) >= 11 is 5.60. The minimum absolute atomic E-state index is 0.0460. The van der Waals surface area contributed by atoms with Crippen LogP contribution < -0.4 is 5.32 Å². The molecule has 2 rings (SSSR count). The van der Waals surface area contributed by atoms with E-state index in [1.54, 1.807) is 19.1 Å². The Morgan fingerprint density at radius 3 is 2.63 bits per heavy atom. The number of hydrogen-bond donors (Lipinski definition) is 1. The zero-order valence-electron chi connectivity index (χ0n) is 10.0. The van der Waals surface area contributed by atoms with Gasteiger partial charge in [0.1, 0.15) is 11.6 Å². The van der Waals surface area contributed by atoms with Gasteiger partial charge in [-0.3, -0.25) is 4.79 Å². The Balaban J connectivity index is 2.28. The third kappa shape index (κ3) is 2.90. The number of benzene rings is 2. The van der Waals surface area contributed by atoms with Gasteiger partial charge in [-0.1, -0.05) is 23.7 Å². The average molecular weight is 282 g/mol. The Morgan fingerprint density at radius 1 is 1.21 bits per heavy atom. The highest BCUT2D eigenvalue weighted by atomic mass is 35.5. The monoisotopic (exact) mass is 281 g/mol. The maximum atomic E-state index is 13.7. The number of aryl methyl sites for hydroxylation is 1. The Hall–Kier alpha value is -1.94. The van der Waals surface area contributed by atoms with E-state index in [1.807, 2.05) is 0 Å². The van der Waals surface area contributed by atoms with Gasteiger partial charge in [0.05, 0.1) is 11.3 Å². The summed E-state index contributed by atoms with van der Waals surface area (Å²) in [6.45, 7) is 1.55. The number of hydrogen-bond acceptors (Lipinski definition) is 1. The third-order valence-corrected chi connectivity index (χ3v) is 2.85. The summed E-state index contributed by atoms with van der Waals surface area (Å²) < 4.78 is 27.3. The number of carbonyl (C=O) groups excluding carboxylic acids is 1. The molecular formula is C14H10ClF2NO. The van der Waals surface area contributed by atoms with Gasteiger partial charge in [0.15, 0.2) is 0 Å². The molecule has 2 aromatic carbocycles. The molecule has 2 nitrogen and oxygen atoms in total. The van der Waals surface area contributed by atoms with Crippen LogP contribution in [0.25, 0.3) is 0 Å². The summed E-state index contributed by atoms with van der Waals surface area (Å²) in [6.07, 6.45) is 0. The molecule has 0 radical (unpaired) electrons. The summed E-state index contributed by atoms with van der Waals surface area (Å²) in [7, 11) is 0. The Bertz CT molecular complexity index is 643. The standard InChI is InChI=1S/C14H10ClF2NO/c1-8-3-2-4-10(13(8)17)14(19)18-12-6-5-9(15)7-11(12)16/h2-7H,1H3,(H,18,19). The van der Waals surface area contributed by atoms with Crippen LogP contribution in [0, 0.1) is 18.6 Å². The van der Waals surface area contributed by atoms with E-state index in [1.165, 1.54) is 18.2 Å². The first-order valence-electron chi connectivity index (χ1n) is 5.50. The van der Waals surface area contributed by atoms with Crippen molar-refractivity contribution in [1.29, 1.82) is 0 Å². The summed E-state index contributed by atoms with van der Waals surface area (Å²) in [5.74, 6) is -1.99. The van der Waals surface area contributed by atoms with E-state index in [0.717, 1.165) is 6.07 Å². The van der Waals surface area contributed by atoms with E-state index >= 15 is 0 Å². The largest absolute Gasteiger partial charge is 0.319 e. The molecule has 0 atom stereocenters. The van der Waals surface area contributed by atoms with Crippen molar-refractivity contribution in [3.63, 3.8) is 0 Å². The Kier molecular flexibility index (Phi) is 3.81. The Labute approximate surface area is 114 Å². The van der Waals surface area contributed by atoms with Gasteiger partial charge in [-0.2, -0.15) is 0 Å². The second-order valence-electron chi connectivity index (χ2n) is 4.01. The fourth-order valence-electron chi connectivity index (χ4n) is 1.60. The van der Waals surface area contributed by atoms with Gasteiger partial charge < -0.3 is 5.32 Å². The van der Waals surface area contributed by atoms with E-state index in [-0.39, 0.29) is 16.3 Å². The molecule has 19 heavy (non-hydrogen) atoms. The zero-order valence-corrected chi connectivity index (χ0v) is 10.8. The van der Waals surface area contributed by atoms with Crippen LogP contribution in [0.1, 0.15) is 15.9 Å². The molecule has 1 amide bonds. The predicted octanol–water partition coefficient (Wildman–Crippen LogP) is 4.18. The quantitative estimate of drug-likeness (QED) is 0.879. The van der Waals surface area contributed by atoms with Crippen molar-refractivity contribution >= 4 is 23.2 Å². The van der Waals surface area contributed by atoms with E-state index in [9.17, 15) is 13.6 Å². The molecule has 0 aliphatic heterocycles. The molecule has 0 fully saturated rings. The van der Waals surface area contributed by atoms with Gasteiger partial charge in [-0.05, 0) is 36.8 Å². The lowest BCUT2D eigenvalue weighted by Gasteiger charge is -2.08. The van der Waals surface area contributed by atoms with Crippen molar-refractivity contribution in [2.75, 3.05) is 5.32 Å². The van der Waals surface area contributed by atoms with Crippen LogP contribution in [0.3, 0.4) is 0 Å². The summed E-state index contributed by atoms with van der Waals surface area (Å²) in [5, 5.41) is 2.53. The van der Waals surface area contributed by atoms with Crippen LogP contribution in [0.15, 0.2) is 36.4 Å². The molecule has 1 N–H and O–H groups in total. The van der Waals surface area contributed by atoms with Gasteiger partial charge in [0.25, 0.3) is 5.91 Å². The van der Waals surface area contributed by atoms with Crippen LogP contribution in [0.2, 0.25) is 5.02 Å². The summed E-state index contributed by atoms with van der Waals surface area (Å²) in [6, 6.07) is 8.28. The molecule has 5 heteroatoms. The van der Waals surface area contributed by atoms with Gasteiger partial charge in [0, 0.05) is 5.02 Å². The minimum Gasteiger partial charge on any atom is -0.319 e. The maximum Gasteiger partial charge on any atom is 0.258 e. The number of carbonyl (C=O) groups is 1. The van der Waals surface area contributed by atoms with E-state index in [4.69, 9.17) is 11.6 Å². The highest BCUT2D eigenvalue weighted by Gasteiger charge is 2.14. The molecule has 0 spiro atoms. The van der Waals surface area contributed by atoms with Crippen molar-refractivity contribution in [3.05, 3.63) is 64.2 Å². The number of amides is 1. The lowest BCUT2D eigenvalue weighted by molar-refractivity contribution is 0.102. The van der Waals surface area contributed by atoms with Crippen LogP contribution >= 0.6 is 11.6 Å². The van der Waals surface area contributed by atoms with Crippen molar-refractivity contribution in [2.24, 2.45) is 0 Å². The fourth-order valence-corrected chi connectivity index (χ4v) is 1.76. The number of nitrogens with one attached hydrogen (secondary N) is 1. The van der Waals surface area contributed by atoms with Gasteiger partial charge in [-0.25, -0.2) is 8.78 Å². The molecular weight excluding hydrogens is 272 g/mol. The van der Waals surface area contributed by atoms with Gasteiger partial charge in [0.2, 0.25) is 0 Å². The molecule has 0 saturated carbocycles. The highest BCUT2D eigenvalue weighted by Crippen LogP contribution is 2.20. The maximum absolute atomic E-state index is 13.7. The van der Waals surface area contributed by atoms with Crippen LogP contribution in [-0.4, -0.2) is 5.91 Å². The van der Waals surface area contributed by atoms with E-state index in [2.05, 4.69) is 5.32 Å². The summed E-state index contributed by atoms with van der Waals surface area (Å²) in [4.78, 5) is 11.9. The predicted molar refractivity (Wildman–Crippen MR) is 70.5 cm³/mol. The molecule has 0 heterocycles. The second-order valence-corrected chi connectivity index (χ2v) is 4.45. The molecule has 0 aliphatic carbocycles. The fraction of sp³-hybridized carbons (Fsp3) is 0.0714. The smallest absolute Gasteiger partial charge is 0.258 e. The lowest BCUT2D eigenvalue weighted by atomic mass is 10.1. The average Bonchev–Trinajstić information content (AvgIpc) is 2.36. The lowest BCUT2D eigenvalue weighted by Crippen LogP contribution is -2.15. The first-order chi connectivity index (χ1) is 8.99. The summed E-state index contributed by atoms with van der Waals surface area (Å²) in [5.41, 5.74) is 0.175. The van der Waals surface area contributed by atoms with Crippen molar-refractivity contribution in [3.8, 4) is 0 Å². The number of halogens is 3. The highest BCUT2D eigenvalue weighted by molar-refractivity contribution is 6.30. The van der Waals surface area contributed by atoms with Gasteiger partial charge >= 0.3 is 0 Å². The minimum atomic E-state index is -0.706.